The molecule has 1 saturated heterocycles. The van der Waals surface area contributed by atoms with Gasteiger partial charge in [-0.1, -0.05) is 60.7 Å². The van der Waals surface area contributed by atoms with E-state index in [9.17, 15) is 4.79 Å². The van der Waals surface area contributed by atoms with Crippen LogP contribution in [0.3, 0.4) is 0 Å². The summed E-state index contributed by atoms with van der Waals surface area (Å²) in [7, 11) is 1.76. The van der Waals surface area contributed by atoms with E-state index in [1.165, 1.54) is 0 Å². The van der Waals surface area contributed by atoms with E-state index in [1.54, 1.807) is 11.6 Å². The summed E-state index contributed by atoms with van der Waals surface area (Å²) < 4.78 is 3.61. The van der Waals surface area contributed by atoms with Gasteiger partial charge in [0, 0.05) is 32.7 Å². The summed E-state index contributed by atoms with van der Waals surface area (Å²) in [6.07, 6.45) is 2.91. The van der Waals surface area contributed by atoms with Crippen LogP contribution in [0.1, 0.15) is 30.4 Å². The number of anilines is 2. The van der Waals surface area contributed by atoms with Gasteiger partial charge in [-0.15, -0.1) is 0 Å². The zero-order valence-electron chi connectivity index (χ0n) is 19.5. The number of hydrogen-bond donors (Lipinski definition) is 2. The average Bonchev–Trinajstić information content (AvgIpc) is 3.06. The van der Waals surface area contributed by atoms with Crippen molar-refractivity contribution in [2.45, 2.75) is 38.4 Å². The Labute approximate surface area is 199 Å². The number of rotatable bonds is 6. The van der Waals surface area contributed by atoms with Crippen LogP contribution in [0.5, 0.6) is 0 Å². The molecule has 1 aliphatic heterocycles. The second kappa shape index (κ2) is 9.69. The molecule has 176 valence electrons. The highest BCUT2D eigenvalue weighted by Gasteiger charge is 2.24. The molecule has 1 fully saturated rings. The van der Waals surface area contributed by atoms with Crippen LogP contribution in [-0.4, -0.2) is 38.2 Å². The maximum atomic E-state index is 13.6. The van der Waals surface area contributed by atoms with Gasteiger partial charge in [-0.05, 0) is 30.4 Å². The molecule has 0 bridgehead atoms. The number of nitrogens with two attached hydrogens (primary N) is 1. The smallest absolute Gasteiger partial charge is 0.281 e. The first-order chi connectivity index (χ1) is 16.6. The summed E-state index contributed by atoms with van der Waals surface area (Å²) >= 11 is 0. The molecule has 1 atom stereocenters. The van der Waals surface area contributed by atoms with Crippen molar-refractivity contribution in [2.24, 2.45) is 12.8 Å². The summed E-state index contributed by atoms with van der Waals surface area (Å²) in [5.74, 6) is 1.30. The molecule has 2 aromatic carbocycles. The molecule has 34 heavy (non-hydrogen) atoms. The second-order valence-corrected chi connectivity index (χ2v) is 8.97. The van der Waals surface area contributed by atoms with Gasteiger partial charge in [-0.2, -0.15) is 9.97 Å². The number of hydrogen-bond acceptors (Lipinski definition) is 6. The maximum absolute atomic E-state index is 13.6. The predicted octanol–water partition coefficient (Wildman–Crippen LogP) is 3.11. The Kier molecular flexibility index (Phi) is 6.31. The second-order valence-electron chi connectivity index (χ2n) is 8.97. The van der Waals surface area contributed by atoms with E-state index in [4.69, 9.17) is 15.7 Å². The number of fused-ring (bicyclic) bond motifs is 1. The Morgan fingerprint density at radius 2 is 1.68 bits per heavy atom. The summed E-state index contributed by atoms with van der Waals surface area (Å²) in [5, 5.41) is 3.31. The van der Waals surface area contributed by atoms with Crippen molar-refractivity contribution in [1.29, 1.82) is 0 Å². The van der Waals surface area contributed by atoms with Crippen LogP contribution >= 0.6 is 0 Å². The molecule has 3 heterocycles. The predicted molar refractivity (Wildman–Crippen MR) is 136 cm³/mol. The normalized spacial score (nSPS) is 16.5. The van der Waals surface area contributed by atoms with E-state index < -0.39 is 0 Å². The molecule has 8 nitrogen and oxygen atoms in total. The van der Waals surface area contributed by atoms with E-state index in [0.717, 1.165) is 49.4 Å². The molecular weight excluding hydrogens is 426 g/mol. The molecular formula is C26H31N7O. The minimum atomic E-state index is -0.109. The number of benzene rings is 2. The lowest BCUT2D eigenvalue weighted by atomic mass is 10.1. The van der Waals surface area contributed by atoms with E-state index in [0.29, 0.717) is 30.2 Å². The van der Waals surface area contributed by atoms with Gasteiger partial charge in [0.05, 0.1) is 6.54 Å². The van der Waals surface area contributed by atoms with Gasteiger partial charge in [-0.3, -0.25) is 13.9 Å². The van der Waals surface area contributed by atoms with Gasteiger partial charge in [0.2, 0.25) is 11.9 Å². The number of nitrogens with zero attached hydrogens (tertiary/aromatic N) is 5. The highest BCUT2D eigenvalue weighted by atomic mass is 16.1. The summed E-state index contributed by atoms with van der Waals surface area (Å²) in [5.41, 5.74) is 9.35. The quantitative estimate of drug-likeness (QED) is 0.462. The molecule has 3 N–H and O–H groups in total. The third-order valence-electron chi connectivity index (χ3n) is 6.50. The molecule has 2 aromatic heterocycles. The molecule has 8 heteroatoms. The van der Waals surface area contributed by atoms with Crippen LogP contribution in [0.25, 0.3) is 11.2 Å². The molecule has 0 spiro atoms. The van der Waals surface area contributed by atoms with Gasteiger partial charge in [0.1, 0.15) is 0 Å². The van der Waals surface area contributed by atoms with Crippen LogP contribution < -0.4 is 21.5 Å². The molecule has 0 aliphatic carbocycles. The van der Waals surface area contributed by atoms with Crippen molar-refractivity contribution in [2.75, 3.05) is 23.3 Å². The largest absolute Gasteiger partial charge is 0.351 e. The molecule has 1 aliphatic rings. The van der Waals surface area contributed by atoms with E-state index in [1.807, 2.05) is 53.1 Å². The Balaban J connectivity index is 1.57. The highest BCUT2D eigenvalue weighted by Crippen LogP contribution is 2.24. The molecule has 0 radical (unpaired) electrons. The van der Waals surface area contributed by atoms with Gasteiger partial charge in [0.15, 0.2) is 11.2 Å². The third kappa shape index (κ3) is 4.54. The summed E-state index contributed by atoms with van der Waals surface area (Å²) in [6, 6.07) is 20.4. The zero-order valence-corrected chi connectivity index (χ0v) is 19.5. The molecule has 1 unspecified atom stereocenters. The lowest BCUT2D eigenvalue weighted by Crippen LogP contribution is -2.30. The topological polar surface area (TPSA) is 94.0 Å². The number of nitrogens with one attached hydrogen (secondary N) is 1. The SMILES string of the molecule is Cn1c(NCc2ccccc2)nc2nc(N3CCCC(N)CC3)n(Cc3ccccc3)c2c1=O. The molecule has 4 aromatic rings. The maximum Gasteiger partial charge on any atom is 0.281 e. The van der Waals surface area contributed by atoms with Gasteiger partial charge in [-0.25, -0.2) is 0 Å². The van der Waals surface area contributed by atoms with Crippen molar-refractivity contribution < 1.29 is 0 Å². The Bertz CT molecular complexity index is 1310. The molecule has 0 amide bonds. The van der Waals surface area contributed by atoms with Crippen molar-refractivity contribution in [3.05, 3.63) is 82.1 Å². The van der Waals surface area contributed by atoms with Crippen LogP contribution in [-0.2, 0) is 20.1 Å². The minimum Gasteiger partial charge on any atom is -0.351 e. The van der Waals surface area contributed by atoms with E-state index in [2.05, 4.69) is 22.3 Å². The van der Waals surface area contributed by atoms with Crippen LogP contribution in [0.15, 0.2) is 65.5 Å². The standard InChI is InChI=1S/C26H31N7O/c1-31-24(34)22-23(29-25(31)28-17-19-9-4-2-5-10-19)30-26(32-15-8-13-21(27)14-16-32)33(22)18-20-11-6-3-7-12-20/h2-7,9-12,21H,8,13-18,27H2,1H3,(H,28,29). The number of imidazole rings is 1. The zero-order chi connectivity index (χ0) is 23.5. The fourth-order valence-electron chi connectivity index (χ4n) is 4.56. The summed E-state index contributed by atoms with van der Waals surface area (Å²) in [6.45, 7) is 2.82. The molecule has 5 rings (SSSR count). The minimum absolute atomic E-state index is 0.109. The fraction of sp³-hybridized carbons (Fsp3) is 0.346. The van der Waals surface area contributed by atoms with E-state index >= 15 is 0 Å². The van der Waals surface area contributed by atoms with Crippen LogP contribution in [0, 0.1) is 0 Å². The first-order valence-corrected chi connectivity index (χ1v) is 11.9. The Hall–Kier alpha value is -3.65. The first-order valence-electron chi connectivity index (χ1n) is 11.9. The van der Waals surface area contributed by atoms with Crippen LogP contribution in [0.4, 0.5) is 11.9 Å². The third-order valence-corrected chi connectivity index (χ3v) is 6.50. The number of aromatic nitrogens is 4. The lowest BCUT2D eigenvalue weighted by molar-refractivity contribution is 0.601. The fourth-order valence-corrected chi connectivity index (χ4v) is 4.56. The Morgan fingerprint density at radius 3 is 2.41 bits per heavy atom. The summed E-state index contributed by atoms with van der Waals surface area (Å²) in [4.78, 5) is 25.5. The van der Waals surface area contributed by atoms with Gasteiger partial charge < -0.3 is 16.0 Å². The van der Waals surface area contributed by atoms with Crippen molar-refractivity contribution in [3.8, 4) is 0 Å². The highest BCUT2D eigenvalue weighted by molar-refractivity contribution is 5.75. The van der Waals surface area contributed by atoms with E-state index in [-0.39, 0.29) is 11.6 Å². The van der Waals surface area contributed by atoms with Crippen molar-refractivity contribution in [3.63, 3.8) is 0 Å². The van der Waals surface area contributed by atoms with Crippen molar-refractivity contribution in [1.82, 2.24) is 19.1 Å². The lowest BCUT2D eigenvalue weighted by Gasteiger charge is -2.22. The van der Waals surface area contributed by atoms with Crippen molar-refractivity contribution >= 4 is 23.1 Å². The monoisotopic (exact) mass is 457 g/mol. The molecule has 0 saturated carbocycles. The van der Waals surface area contributed by atoms with Gasteiger partial charge >= 0.3 is 0 Å². The Morgan fingerprint density at radius 1 is 0.971 bits per heavy atom. The van der Waals surface area contributed by atoms with Crippen LogP contribution in [0.2, 0.25) is 0 Å². The van der Waals surface area contributed by atoms with Gasteiger partial charge in [0.25, 0.3) is 5.56 Å². The first kappa shape index (κ1) is 22.2. The average molecular weight is 458 g/mol.